The van der Waals surface area contributed by atoms with Gasteiger partial charge in [0.25, 0.3) is 11.8 Å². The van der Waals surface area contributed by atoms with E-state index in [0.29, 0.717) is 25.2 Å². The van der Waals surface area contributed by atoms with E-state index < -0.39 is 6.09 Å². The van der Waals surface area contributed by atoms with Gasteiger partial charge in [-0.1, -0.05) is 42.5 Å². The van der Waals surface area contributed by atoms with Crippen molar-refractivity contribution >= 4 is 17.9 Å². The molecule has 6 heteroatoms. The van der Waals surface area contributed by atoms with Crippen molar-refractivity contribution in [2.24, 2.45) is 5.92 Å². The molecule has 6 nitrogen and oxygen atoms in total. The number of likely N-dealkylation sites (tertiary alicyclic amines) is 1. The van der Waals surface area contributed by atoms with Crippen molar-refractivity contribution in [3.63, 3.8) is 0 Å². The molecule has 2 heterocycles. The van der Waals surface area contributed by atoms with Crippen LogP contribution in [0.5, 0.6) is 0 Å². The zero-order chi connectivity index (χ0) is 18.1. The second-order valence-corrected chi connectivity index (χ2v) is 6.58. The lowest BCUT2D eigenvalue weighted by atomic mass is 9.97. The Kier molecular flexibility index (Phi) is 4.16. The lowest BCUT2D eigenvalue weighted by Gasteiger charge is -2.40. The predicted molar refractivity (Wildman–Crippen MR) is 94.3 cm³/mol. The van der Waals surface area contributed by atoms with E-state index in [2.05, 4.69) is 0 Å². The van der Waals surface area contributed by atoms with Gasteiger partial charge in [0.1, 0.15) is 0 Å². The van der Waals surface area contributed by atoms with Crippen molar-refractivity contribution in [2.45, 2.75) is 0 Å². The summed E-state index contributed by atoms with van der Waals surface area (Å²) in [7, 11) is 0. The van der Waals surface area contributed by atoms with Crippen molar-refractivity contribution in [1.29, 1.82) is 0 Å². The molecule has 0 radical (unpaired) electrons. The molecule has 0 aliphatic carbocycles. The molecule has 2 aromatic carbocycles. The zero-order valence-electron chi connectivity index (χ0n) is 14.1. The summed E-state index contributed by atoms with van der Waals surface area (Å²) in [5.74, 6) is -0.232. The quantitative estimate of drug-likeness (QED) is 0.849. The van der Waals surface area contributed by atoms with Crippen molar-refractivity contribution in [1.82, 2.24) is 9.80 Å². The van der Waals surface area contributed by atoms with E-state index in [9.17, 15) is 14.4 Å². The number of hydrogen-bond donors (Lipinski definition) is 0. The van der Waals surface area contributed by atoms with Crippen LogP contribution in [0.15, 0.2) is 54.6 Å². The molecule has 2 aliphatic rings. The van der Waals surface area contributed by atoms with Gasteiger partial charge in [0.15, 0.2) is 6.61 Å². The minimum Gasteiger partial charge on any atom is -0.439 e. The summed E-state index contributed by atoms with van der Waals surface area (Å²) in [5.41, 5.74) is 2.81. The van der Waals surface area contributed by atoms with Gasteiger partial charge < -0.3 is 9.64 Å². The summed E-state index contributed by atoms with van der Waals surface area (Å²) in [5, 5.41) is 0. The lowest BCUT2D eigenvalue weighted by molar-refractivity contribution is -0.126. The molecule has 2 fully saturated rings. The fourth-order valence-corrected chi connectivity index (χ4v) is 3.29. The largest absolute Gasteiger partial charge is 0.439 e. The van der Waals surface area contributed by atoms with E-state index in [4.69, 9.17) is 4.74 Å². The first kappa shape index (κ1) is 16.3. The summed E-state index contributed by atoms with van der Waals surface area (Å²) in [6.07, 6.45) is -0.587. The van der Waals surface area contributed by atoms with E-state index in [1.165, 1.54) is 0 Å². The molecule has 0 unspecified atom stereocenters. The lowest BCUT2D eigenvalue weighted by Crippen LogP contribution is -2.54. The third-order valence-corrected chi connectivity index (χ3v) is 4.76. The predicted octanol–water partition coefficient (Wildman–Crippen LogP) is 2.40. The first-order chi connectivity index (χ1) is 12.6. The van der Waals surface area contributed by atoms with Crippen molar-refractivity contribution in [3.8, 4) is 11.1 Å². The van der Waals surface area contributed by atoms with Gasteiger partial charge in [-0.05, 0) is 23.3 Å². The molecular weight excluding hydrogens is 332 g/mol. The van der Waals surface area contributed by atoms with E-state index in [1.807, 2.05) is 54.6 Å². The van der Waals surface area contributed by atoms with Crippen LogP contribution in [0.25, 0.3) is 11.1 Å². The minimum atomic E-state index is -0.587. The molecule has 0 saturated carbocycles. The molecule has 2 aromatic rings. The highest BCUT2D eigenvalue weighted by Crippen LogP contribution is 2.23. The van der Waals surface area contributed by atoms with Crippen LogP contribution in [-0.2, 0) is 9.53 Å². The Balaban J connectivity index is 1.34. The number of rotatable bonds is 4. The molecule has 3 amide bonds. The maximum absolute atomic E-state index is 12.5. The molecule has 2 saturated heterocycles. The third-order valence-electron chi connectivity index (χ3n) is 4.76. The van der Waals surface area contributed by atoms with Crippen LogP contribution in [0.1, 0.15) is 10.4 Å². The average molecular weight is 350 g/mol. The van der Waals surface area contributed by atoms with Crippen LogP contribution in [0.3, 0.4) is 0 Å². The highest BCUT2D eigenvalue weighted by Gasteiger charge is 2.38. The van der Waals surface area contributed by atoms with Gasteiger partial charge in [-0.15, -0.1) is 0 Å². The molecule has 2 aliphatic heterocycles. The Hall–Kier alpha value is -3.15. The van der Waals surface area contributed by atoms with Crippen LogP contribution in [-0.4, -0.2) is 53.9 Å². The van der Waals surface area contributed by atoms with Gasteiger partial charge in [-0.25, -0.2) is 9.69 Å². The normalized spacial score (nSPS) is 17.2. The number of cyclic esters (lactones) is 1. The van der Waals surface area contributed by atoms with Crippen LogP contribution in [0.4, 0.5) is 4.79 Å². The maximum Gasteiger partial charge on any atom is 0.417 e. The van der Waals surface area contributed by atoms with Crippen LogP contribution < -0.4 is 0 Å². The first-order valence-electron chi connectivity index (χ1n) is 8.54. The van der Waals surface area contributed by atoms with E-state index in [-0.39, 0.29) is 24.3 Å². The van der Waals surface area contributed by atoms with E-state index in [1.54, 1.807) is 4.90 Å². The van der Waals surface area contributed by atoms with Crippen molar-refractivity contribution in [2.75, 3.05) is 26.2 Å². The number of imide groups is 1. The Morgan fingerprint density at radius 2 is 1.62 bits per heavy atom. The third kappa shape index (κ3) is 3.06. The van der Waals surface area contributed by atoms with Gasteiger partial charge in [0.05, 0.1) is 0 Å². The van der Waals surface area contributed by atoms with E-state index in [0.717, 1.165) is 16.0 Å². The molecule has 0 bridgehead atoms. The zero-order valence-corrected chi connectivity index (χ0v) is 14.1. The second-order valence-electron chi connectivity index (χ2n) is 6.58. The van der Waals surface area contributed by atoms with Gasteiger partial charge in [0, 0.05) is 31.1 Å². The van der Waals surface area contributed by atoms with Crippen LogP contribution in [0, 0.1) is 5.92 Å². The van der Waals surface area contributed by atoms with Gasteiger partial charge in [-0.2, -0.15) is 0 Å². The molecule has 0 aromatic heterocycles. The number of amides is 3. The van der Waals surface area contributed by atoms with Crippen molar-refractivity contribution in [3.05, 3.63) is 60.2 Å². The highest BCUT2D eigenvalue weighted by atomic mass is 16.6. The second kappa shape index (κ2) is 6.63. The molecular formula is C20H18N2O4. The van der Waals surface area contributed by atoms with Crippen LogP contribution >= 0.6 is 0 Å². The standard InChI is InChI=1S/C20H18N2O4/c23-18-13-26-20(25)22(18)12-14-10-21(11-14)19(24)17-8-6-16(7-9-17)15-4-2-1-3-5-15/h1-9,14H,10-13H2. The smallest absolute Gasteiger partial charge is 0.417 e. The number of ether oxygens (including phenoxy) is 1. The average Bonchev–Trinajstić information content (AvgIpc) is 2.96. The number of carbonyl (C=O) groups is 3. The molecule has 132 valence electrons. The molecule has 4 rings (SSSR count). The highest BCUT2D eigenvalue weighted by molar-refractivity contribution is 5.98. The Morgan fingerprint density at radius 1 is 0.962 bits per heavy atom. The summed E-state index contributed by atoms with van der Waals surface area (Å²) >= 11 is 0. The summed E-state index contributed by atoms with van der Waals surface area (Å²) in [4.78, 5) is 38.4. The fraction of sp³-hybridized carbons (Fsp3) is 0.250. The Bertz CT molecular complexity index is 826. The molecule has 0 N–H and O–H groups in total. The molecule has 0 atom stereocenters. The SMILES string of the molecule is O=C(c1ccc(-c2ccccc2)cc1)N1CC(CN2C(=O)COC2=O)C1. The maximum atomic E-state index is 12.5. The molecule has 26 heavy (non-hydrogen) atoms. The summed E-state index contributed by atoms with van der Waals surface area (Å²) in [6.45, 7) is 1.21. The summed E-state index contributed by atoms with van der Waals surface area (Å²) in [6, 6.07) is 17.5. The molecule has 0 spiro atoms. The monoisotopic (exact) mass is 350 g/mol. The first-order valence-corrected chi connectivity index (χ1v) is 8.54. The number of nitrogens with zero attached hydrogens (tertiary/aromatic N) is 2. The number of carbonyl (C=O) groups excluding carboxylic acids is 3. The topological polar surface area (TPSA) is 66.9 Å². The van der Waals surface area contributed by atoms with Gasteiger partial charge >= 0.3 is 6.09 Å². The number of hydrogen-bond acceptors (Lipinski definition) is 4. The Labute approximate surface area is 151 Å². The van der Waals surface area contributed by atoms with Gasteiger partial charge in [0.2, 0.25) is 0 Å². The fourth-order valence-electron chi connectivity index (χ4n) is 3.29. The van der Waals surface area contributed by atoms with Crippen LogP contribution in [0.2, 0.25) is 0 Å². The van der Waals surface area contributed by atoms with Crippen molar-refractivity contribution < 1.29 is 19.1 Å². The van der Waals surface area contributed by atoms with Gasteiger partial charge in [-0.3, -0.25) is 9.59 Å². The van der Waals surface area contributed by atoms with E-state index >= 15 is 0 Å². The summed E-state index contributed by atoms with van der Waals surface area (Å²) < 4.78 is 4.70. The Morgan fingerprint density at radius 3 is 2.23 bits per heavy atom. The number of benzene rings is 2. The minimum absolute atomic E-state index is 0.0313.